The molecule has 1 aliphatic rings. The van der Waals surface area contributed by atoms with Crippen molar-refractivity contribution >= 4 is 27.0 Å². The van der Waals surface area contributed by atoms with Gasteiger partial charge in [-0.05, 0) is 35.9 Å². The number of H-pyrrole nitrogens is 1. The van der Waals surface area contributed by atoms with Gasteiger partial charge >= 0.3 is 0 Å². The van der Waals surface area contributed by atoms with Gasteiger partial charge in [0, 0.05) is 6.54 Å². The molecule has 0 amide bonds. The van der Waals surface area contributed by atoms with Crippen LogP contribution in [0.15, 0.2) is 47.4 Å². The summed E-state index contributed by atoms with van der Waals surface area (Å²) >= 11 is 0. The molecule has 0 radical (unpaired) electrons. The molecule has 1 aliphatic heterocycles. The minimum atomic E-state index is -3.75. The number of sulfonamides is 1. The van der Waals surface area contributed by atoms with Crippen molar-refractivity contribution < 1.29 is 17.9 Å². The van der Waals surface area contributed by atoms with Crippen LogP contribution in [0.4, 0.5) is 5.95 Å². The van der Waals surface area contributed by atoms with E-state index in [2.05, 4.69) is 14.9 Å². The number of aromatic amines is 1. The van der Waals surface area contributed by atoms with Gasteiger partial charge in [-0.2, -0.15) is 0 Å². The fourth-order valence-electron chi connectivity index (χ4n) is 3.16. The van der Waals surface area contributed by atoms with Crippen LogP contribution in [-0.2, 0) is 14.8 Å². The Balaban J connectivity index is 1.58. The van der Waals surface area contributed by atoms with E-state index in [1.54, 1.807) is 13.2 Å². The average molecular weight is 388 g/mol. The highest BCUT2D eigenvalue weighted by Crippen LogP contribution is 2.27. The molecule has 9 heteroatoms. The van der Waals surface area contributed by atoms with E-state index in [1.165, 1.54) is 12.1 Å². The summed E-state index contributed by atoms with van der Waals surface area (Å²) in [5.41, 5.74) is 2.38. The molecule has 1 atom stereocenters. The lowest BCUT2D eigenvalue weighted by Gasteiger charge is -2.33. The summed E-state index contributed by atoms with van der Waals surface area (Å²) < 4.78 is 34.2. The van der Waals surface area contributed by atoms with Gasteiger partial charge in [0.25, 0.3) is 0 Å². The number of nitrogens with two attached hydrogens (primary N) is 1. The van der Waals surface area contributed by atoms with E-state index in [9.17, 15) is 8.42 Å². The fraction of sp³-hybridized carbons (Fsp3) is 0.278. The molecule has 2 heterocycles. The largest absolute Gasteiger partial charge is 0.497 e. The Hall–Kier alpha value is -2.62. The summed E-state index contributed by atoms with van der Waals surface area (Å²) in [4.78, 5) is 9.91. The normalized spacial score (nSPS) is 18.0. The molecule has 0 spiro atoms. The van der Waals surface area contributed by atoms with Gasteiger partial charge in [0.2, 0.25) is 16.0 Å². The van der Waals surface area contributed by atoms with Crippen molar-refractivity contribution in [1.82, 2.24) is 9.97 Å². The number of imidazole rings is 1. The number of anilines is 1. The number of aromatic nitrogens is 2. The maximum Gasteiger partial charge on any atom is 0.238 e. The smallest absolute Gasteiger partial charge is 0.238 e. The number of nitrogens with one attached hydrogen (secondary N) is 1. The highest BCUT2D eigenvalue weighted by molar-refractivity contribution is 7.89. The van der Waals surface area contributed by atoms with Gasteiger partial charge < -0.3 is 19.4 Å². The van der Waals surface area contributed by atoms with Gasteiger partial charge in [0.05, 0.1) is 36.2 Å². The molecule has 1 aromatic heterocycles. The summed E-state index contributed by atoms with van der Waals surface area (Å²) in [5, 5.41) is 5.20. The number of hydrogen-bond donors (Lipinski definition) is 2. The highest BCUT2D eigenvalue weighted by Gasteiger charge is 2.24. The average Bonchev–Trinajstić information content (AvgIpc) is 3.11. The monoisotopic (exact) mass is 388 g/mol. The van der Waals surface area contributed by atoms with Crippen LogP contribution in [0.1, 0.15) is 11.7 Å². The summed E-state index contributed by atoms with van der Waals surface area (Å²) in [7, 11) is -2.12. The van der Waals surface area contributed by atoms with Gasteiger partial charge in [-0.1, -0.05) is 12.1 Å². The standard InChI is InChI=1S/C18H20N4O4S/c1-25-13-4-2-12(3-5-13)17-11-22(8-9-26-17)18-20-15-7-6-14(27(19,23)24)10-16(15)21-18/h2-7,10,17H,8-9,11H2,1H3,(H,20,21)(H2,19,23,24). The predicted molar refractivity (Wildman–Crippen MR) is 101 cm³/mol. The van der Waals surface area contributed by atoms with E-state index in [4.69, 9.17) is 14.6 Å². The molecule has 1 fully saturated rings. The quantitative estimate of drug-likeness (QED) is 0.705. The Morgan fingerprint density at radius 1 is 1.26 bits per heavy atom. The second-order valence-electron chi connectivity index (χ2n) is 6.36. The van der Waals surface area contributed by atoms with Crippen LogP contribution in [0.5, 0.6) is 5.75 Å². The highest BCUT2D eigenvalue weighted by atomic mass is 32.2. The Bertz CT molecular complexity index is 1060. The predicted octanol–water partition coefficient (Wildman–Crippen LogP) is 1.80. The molecular formula is C18H20N4O4S. The maximum atomic E-state index is 11.5. The van der Waals surface area contributed by atoms with E-state index in [1.807, 2.05) is 24.3 Å². The first-order valence-electron chi connectivity index (χ1n) is 8.47. The number of primary sulfonamides is 1. The second-order valence-corrected chi connectivity index (χ2v) is 7.92. The zero-order valence-corrected chi connectivity index (χ0v) is 15.6. The lowest BCUT2D eigenvalue weighted by molar-refractivity contribution is 0.0393. The molecule has 8 nitrogen and oxygen atoms in total. The number of methoxy groups -OCH3 is 1. The first-order chi connectivity index (χ1) is 12.9. The molecule has 142 valence electrons. The number of ether oxygens (including phenoxy) is 2. The Morgan fingerprint density at radius 3 is 2.74 bits per heavy atom. The first kappa shape index (κ1) is 17.8. The van der Waals surface area contributed by atoms with Crippen molar-refractivity contribution in [3.05, 3.63) is 48.0 Å². The maximum absolute atomic E-state index is 11.5. The number of nitrogens with zero attached hydrogens (tertiary/aromatic N) is 2. The molecule has 0 aliphatic carbocycles. The van der Waals surface area contributed by atoms with Crippen molar-refractivity contribution in [1.29, 1.82) is 0 Å². The summed E-state index contributed by atoms with van der Waals surface area (Å²) in [5.74, 6) is 1.48. The molecular weight excluding hydrogens is 368 g/mol. The van der Waals surface area contributed by atoms with Gasteiger partial charge in [0.1, 0.15) is 11.9 Å². The lowest BCUT2D eigenvalue weighted by Crippen LogP contribution is -2.39. The molecule has 3 N–H and O–H groups in total. The minimum Gasteiger partial charge on any atom is -0.497 e. The third-order valence-electron chi connectivity index (χ3n) is 4.62. The number of benzene rings is 2. The number of morpholine rings is 1. The lowest BCUT2D eigenvalue weighted by atomic mass is 10.1. The van der Waals surface area contributed by atoms with Crippen LogP contribution in [0.25, 0.3) is 11.0 Å². The van der Waals surface area contributed by atoms with E-state index >= 15 is 0 Å². The van der Waals surface area contributed by atoms with Crippen LogP contribution in [-0.4, -0.2) is 45.2 Å². The summed E-state index contributed by atoms with van der Waals surface area (Å²) in [6.07, 6.45) is -0.0853. The first-order valence-corrected chi connectivity index (χ1v) is 10.0. The number of rotatable bonds is 4. The van der Waals surface area contributed by atoms with Gasteiger partial charge in [-0.3, -0.25) is 0 Å². The van der Waals surface area contributed by atoms with Crippen molar-refractivity contribution in [2.75, 3.05) is 31.7 Å². The fourth-order valence-corrected chi connectivity index (χ4v) is 3.70. The van der Waals surface area contributed by atoms with Crippen molar-refractivity contribution in [2.24, 2.45) is 5.14 Å². The molecule has 27 heavy (non-hydrogen) atoms. The SMILES string of the molecule is COc1ccc(C2CN(c3nc4ccc(S(N)(=O)=O)cc4[nH]3)CCO2)cc1. The molecule has 0 bridgehead atoms. The van der Waals surface area contributed by atoms with Gasteiger partial charge in [0.15, 0.2) is 0 Å². The van der Waals surface area contributed by atoms with E-state index in [0.717, 1.165) is 11.3 Å². The molecule has 3 aromatic rings. The van der Waals surface area contributed by atoms with Crippen molar-refractivity contribution in [3.63, 3.8) is 0 Å². The van der Waals surface area contributed by atoms with Crippen LogP contribution in [0, 0.1) is 0 Å². The minimum absolute atomic E-state index is 0.0586. The Labute approximate surface area is 157 Å². The van der Waals surface area contributed by atoms with Crippen LogP contribution in [0.3, 0.4) is 0 Å². The molecule has 1 unspecified atom stereocenters. The third-order valence-corrected chi connectivity index (χ3v) is 5.53. The number of fused-ring (bicyclic) bond motifs is 1. The third kappa shape index (κ3) is 3.61. The molecule has 4 rings (SSSR count). The van der Waals surface area contributed by atoms with Crippen LogP contribution >= 0.6 is 0 Å². The van der Waals surface area contributed by atoms with Crippen molar-refractivity contribution in [3.8, 4) is 5.75 Å². The molecule has 1 saturated heterocycles. The van der Waals surface area contributed by atoms with Crippen LogP contribution < -0.4 is 14.8 Å². The summed E-state index contributed by atoms with van der Waals surface area (Å²) in [6.45, 7) is 1.89. The molecule has 2 aromatic carbocycles. The number of hydrogen-bond acceptors (Lipinski definition) is 6. The van der Waals surface area contributed by atoms with Crippen LogP contribution in [0.2, 0.25) is 0 Å². The topological polar surface area (TPSA) is 111 Å². The van der Waals surface area contributed by atoms with E-state index < -0.39 is 10.0 Å². The van der Waals surface area contributed by atoms with Gasteiger partial charge in [-0.15, -0.1) is 0 Å². The zero-order valence-electron chi connectivity index (χ0n) is 14.8. The Morgan fingerprint density at radius 2 is 2.04 bits per heavy atom. The van der Waals surface area contributed by atoms with E-state index in [0.29, 0.717) is 36.7 Å². The van der Waals surface area contributed by atoms with Gasteiger partial charge in [-0.25, -0.2) is 18.5 Å². The zero-order chi connectivity index (χ0) is 19.0. The second kappa shape index (κ2) is 6.84. The van der Waals surface area contributed by atoms with Crippen molar-refractivity contribution in [2.45, 2.75) is 11.0 Å². The van der Waals surface area contributed by atoms with E-state index in [-0.39, 0.29) is 11.0 Å². The molecule has 0 saturated carbocycles. The Kier molecular flexibility index (Phi) is 4.50. The summed E-state index contributed by atoms with van der Waals surface area (Å²) in [6, 6.07) is 12.4.